The third-order valence-electron chi connectivity index (χ3n) is 0.577. The van der Waals surface area contributed by atoms with Crippen molar-refractivity contribution in [2.75, 3.05) is 6.61 Å². The molecule has 0 unspecified atom stereocenters. The molecule has 4 nitrogen and oxygen atoms in total. The smallest absolute Gasteiger partial charge is 0.333 e. The molecule has 60 valence electrons. The van der Waals surface area contributed by atoms with Crippen LogP contribution in [0.5, 0.6) is 0 Å². The van der Waals surface area contributed by atoms with Gasteiger partial charge < -0.3 is 15.6 Å². The lowest BCUT2D eigenvalue weighted by atomic mass is 10.6. The Bertz CT molecular complexity index is 135. The predicted molar refractivity (Wildman–Crippen MR) is 38.8 cm³/mol. The van der Waals surface area contributed by atoms with Crippen molar-refractivity contribution in [3.05, 3.63) is 12.0 Å². The Labute approximate surface area is 65.1 Å². The van der Waals surface area contributed by atoms with E-state index in [-0.39, 0.29) is 18.3 Å². The predicted octanol–water partition coefficient (Wildman–Crippen LogP) is 0.329. The summed E-state index contributed by atoms with van der Waals surface area (Å²) in [6.07, 6.45) is 0.809. The highest BCUT2D eigenvalue weighted by atomic mass is 35.5. The number of halogens is 1. The topological polar surface area (TPSA) is 72.5 Å². The van der Waals surface area contributed by atoms with Gasteiger partial charge in [0.1, 0.15) is 0 Å². The highest BCUT2D eigenvalue weighted by Gasteiger charge is 1.92. The molecule has 0 aromatic heterocycles. The lowest BCUT2D eigenvalue weighted by molar-refractivity contribution is -0.131. The molecular weight excluding hydrogens is 158 g/mol. The standard InChI is InChI=1S/C5H9NO3.ClH/c1-2-9-4(6)3-5(7)8;/h3H,2,6H2,1H3,(H,7,8);1H. The van der Waals surface area contributed by atoms with Gasteiger partial charge in [0.15, 0.2) is 5.88 Å². The van der Waals surface area contributed by atoms with Crippen molar-refractivity contribution in [3.8, 4) is 0 Å². The number of ether oxygens (including phenoxy) is 1. The average molecular weight is 168 g/mol. The van der Waals surface area contributed by atoms with E-state index >= 15 is 0 Å². The fourth-order valence-corrected chi connectivity index (χ4v) is 0.330. The number of aliphatic carboxylic acids is 1. The second-order valence-corrected chi connectivity index (χ2v) is 1.32. The lowest BCUT2D eigenvalue weighted by Gasteiger charge is -1.98. The normalized spacial score (nSPS) is 9.90. The maximum atomic E-state index is 9.85. The fourth-order valence-electron chi connectivity index (χ4n) is 0.330. The van der Waals surface area contributed by atoms with E-state index in [0.29, 0.717) is 6.61 Å². The Morgan fingerprint density at radius 1 is 1.80 bits per heavy atom. The minimum atomic E-state index is -1.10. The van der Waals surface area contributed by atoms with Crippen LogP contribution in [0.3, 0.4) is 0 Å². The number of rotatable bonds is 3. The van der Waals surface area contributed by atoms with Gasteiger partial charge in [-0.2, -0.15) is 0 Å². The molecule has 0 heterocycles. The number of hydrogen-bond donors (Lipinski definition) is 2. The Balaban J connectivity index is 0. The van der Waals surface area contributed by atoms with Crippen LogP contribution in [-0.4, -0.2) is 17.7 Å². The van der Waals surface area contributed by atoms with E-state index in [1.54, 1.807) is 6.92 Å². The summed E-state index contributed by atoms with van der Waals surface area (Å²) in [5, 5.41) is 8.07. The van der Waals surface area contributed by atoms with Crippen LogP contribution in [0.1, 0.15) is 6.92 Å². The summed E-state index contributed by atoms with van der Waals surface area (Å²) in [4.78, 5) is 9.85. The minimum Gasteiger partial charge on any atom is -0.479 e. The average Bonchev–Trinajstić information content (AvgIpc) is 1.63. The third kappa shape index (κ3) is 7.10. The first-order chi connectivity index (χ1) is 4.16. The zero-order valence-electron chi connectivity index (χ0n) is 5.53. The molecule has 0 bridgehead atoms. The molecule has 0 amide bonds. The van der Waals surface area contributed by atoms with Gasteiger partial charge in [-0.25, -0.2) is 4.79 Å². The summed E-state index contributed by atoms with van der Waals surface area (Å²) >= 11 is 0. The van der Waals surface area contributed by atoms with E-state index in [2.05, 4.69) is 4.74 Å². The van der Waals surface area contributed by atoms with Crippen LogP contribution in [0.15, 0.2) is 12.0 Å². The minimum absolute atomic E-state index is 0. The third-order valence-corrected chi connectivity index (χ3v) is 0.577. The summed E-state index contributed by atoms with van der Waals surface area (Å²) in [6, 6.07) is 0. The monoisotopic (exact) mass is 167 g/mol. The summed E-state index contributed by atoms with van der Waals surface area (Å²) in [7, 11) is 0. The Kier molecular flexibility index (Phi) is 7.37. The molecule has 0 saturated heterocycles. The molecule has 0 aliphatic carbocycles. The summed E-state index contributed by atoms with van der Waals surface area (Å²) in [5.41, 5.74) is 5.04. The number of carboxylic acid groups (broad SMARTS) is 1. The summed E-state index contributed by atoms with van der Waals surface area (Å²) < 4.78 is 4.61. The molecule has 0 aliphatic heterocycles. The van der Waals surface area contributed by atoms with Crippen LogP contribution < -0.4 is 5.73 Å². The van der Waals surface area contributed by atoms with Crippen LogP contribution in [0.25, 0.3) is 0 Å². The maximum Gasteiger partial charge on any atom is 0.333 e. The Morgan fingerprint density at radius 2 is 2.30 bits per heavy atom. The van der Waals surface area contributed by atoms with E-state index < -0.39 is 5.97 Å². The largest absolute Gasteiger partial charge is 0.479 e. The van der Waals surface area contributed by atoms with Gasteiger partial charge in [-0.05, 0) is 6.92 Å². The number of carboxylic acids is 1. The van der Waals surface area contributed by atoms with Gasteiger partial charge in [0, 0.05) is 0 Å². The van der Waals surface area contributed by atoms with Gasteiger partial charge >= 0.3 is 5.97 Å². The molecular formula is C5H10ClNO3. The molecule has 0 aromatic carbocycles. The second kappa shape index (κ2) is 6.22. The van der Waals surface area contributed by atoms with Crippen molar-refractivity contribution >= 4 is 18.4 Å². The van der Waals surface area contributed by atoms with E-state index in [0.717, 1.165) is 6.08 Å². The molecule has 0 radical (unpaired) electrons. The van der Waals surface area contributed by atoms with Crippen molar-refractivity contribution in [2.45, 2.75) is 6.92 Å². The first-order valence-corrected chi connectivity index (χ1v) is 2.49. The maximum absolute atomic E-state index is 9.85. The van der Waals surface area contributed by atoms with Crippen molar-refractivity contribution in [1.29, 1.82) is 0 Å². The SMILES string of the molecule is CCOC(N)=CC(=O)O.Cl. The highest BCUT2D eigenvalue weighted by molar-refractivity contribution is 5.85. The molecule has 0 rings (SSSR count). The molecule has 0 aliphatic rings. The zero-order chi connectivity index (χ0) is 7.28. The van der Waals surface area contributed by atoms with Gasteiger partial charge in [0.2, 0.25) is 0 Å². The van der Waals surface area contributed by atoms with Crippen LogP contribution in [0.2, 0.25) is 0 Å². The Hall–Kier alpha value is -0.900. The number of carbonyl (C=O) groups is 1. The van der Waals surface area contributed by atoms with Gasteiger partial charge in [0.05, 0.1) is 12.7 Å². The summed E-state index contributed by atoms with van der Waals surface area (Å²) in [5.74, 6) is -1.16. The second-order valence-electron chi connectivity index (χ2n) is 1.32. The van der Waals surface area contributed by atoms with E-state index in [1.165, 1.54) is 0 Å². The van der Waals surface area contributed by atoms with E-state index in [1.807, 2.05) is 0 Å². The number of hydrogen-bond acceptors (Lipinski definition) is 3. The first kappa shape index (κ1) is 11.8. The molecule has 5 heteroatoms. The summed E-state index contributed by atoms with van der Waals surface area (Å²) in [6.45, 7) is 2.11. The van der Waals surface area contributed by atoms with Crippen LogP contribution in [0, 0.1) is 0 Å². The molecule has 0 saturated carbocycles. The van der Waals surface area contributed by atoms with Crippen molar-refractivity contribution in [3.63, 3.8) is 0 Å². The molecule has 0 fully saturated rings. The van der Waals surface area contributed by atoms with Gasteiger partial charge in [0.25, 0.3) is 0 Å². The molecule has 3 N–H and O–H groups in total. The highest BCUT2D eigenvalue weighted by Crippen LogP contribution is 1.84. The fraction of sp³-hybridized carbons (Fsp3) is 0.400. The van der Waals surface area contributed by atoms with Gasteiger partial charge in [-0.1, -0.05) is 0 Å². The van der Waals surface area contributed by atoms with Crippen molar-refractivity contribution in [1.82, 2.24) is 0 Å². The van der Waals surface area contributed by atoms with Crippen molar-refractivity contribution in [2.24, 2.45) is 5.73 Å². The number of nitrogens with two attached hydrogens (primary N) is 1. The van der Waals surface area contributed by atoms with E-state index in [9.17, 15) is 4.79 Å². The van der Waals surface area contributed by atoms with E-state index in [4.69, 9.17) is 10.8 Å². The van der Waals surface area contributed by atoms with Crippen LogP contribution in [0.4, 0.5) is 0 Å². The van der Waals surface area contributed by atoms with Gasteiger partial charge in [-0.15, -0.1) is 12.4 Å². The van der Waals surface area contributed by atoms with Gasteiger partial charge in [-0.3, -0.25) is 0 Å². The van der Waals surface area contributed by atoms with Crippen molar-refractivity contribution < 1.29 is 14.6 Å². The zero-order valence-corrected chi connectivity index (χ0v) is 6.35. The first-order valence-electron chi connectivity index (χ1n) is 2.49. The van der Waals surface area contributed by atoms with Crippen LogP contribution >= 0.6 is 12.4 Å². The lowest BCUT2D eigenvalue weighted by Crippen LogP contribution is -2.05. The molecule has 0 spiro atoms. The molecule has 10 heavy (non-hydrogen) atoms. The quantitative estimate of drug-likeness (QED) is 0.469. The molecule has 0 atom stereocenters. The molecule has 0 aromatic rings. The Morgan fingerprint density at radius 3 is 2.60 bits per heavy atom. The van der Waals surface area contributed by atoms with Crippen LogP contribution in [-0.2, 0) is 9.53 Å².